The number of aryl methyl sites for hydroxylation is 2. The van der Waals surface area contributed by atoms with Crippen molar-refractivity contribution in [2.75, 3.05) is 6.61 Å². The van der Waals surface area contributed by atoms with Gasteiger partial charge in [-0.05, 0) is 35.2 Å². The van der Waals surface area contributed by atoms with Crippen LogP contribution in [0.5, 0.6) is 0 Å². The maximum atomic E-state index is 9.59. The van der Waals surface area contributed by atoms with Gasteiger partial charge in [-0.2, -0.15) is 5.10 Å². The van der Waals surface area contributed by atoms with Crippen LogP contribution in [-0.4, -0.2) is 27.0 Å². The van der Waals surface area contributed by atoms with E-state index in [0.29, 0.717) is 0 Å². The second kappa shape index (κ2) is 5.72. The molecule has 1 fully saturated rings. The highest BCUT2D eigenvalue weighted by atomic mass is 79.9. The average molecular weight is 316 g/mol. The van der Waals surface area contributed by atoms with Gasteiger partial charge in [0, 0.05) is 19.1 Å². The average Bonchev–Trinajstić information content (AvgIpc) is 2.94. The van der Waals surface area contributed by atoms with E-state index in [9.17, 15) is 5.11 Å². The number of hydrogen-bond donors (Lipinski definition) is 2. The molecule has 1 heterocycles. The van der Waals surface area contributed by atoms with Crippen molar-refractivity contribution in [2.24, 2.45) is 7.05 Å². The predicted octanol–water partition coefficient (Wildman–Crippen LogP) is 2.14. The lowest BCUT2D eigenvalue weighted by Crippen LogP contribution is -2.45. The summed E-state index contributed by atoms with van der Waals surface area (Å²) >= 11 is 3.63. The second-order valence-electron chi connectivity index (χ2n) is 5.18. The summed E-state index contributed by atoms with van der Waals surface area (Å²) in [6.07, 6.45) is 5.49. The number of aliphatic hydroxyl groups excluding tert-OH is 1. The Kier molecular flexibility index (Phi) is 4.45. The Morgan fingerprint density at radius 3 is 2.61 bits per heavy atom. The summed E-state index contributed by atoms with van der Waals surface area (Å²) in [6.45, 7) is 3.09. The molecular weight excluding hydrogens is 294 g/mol. The number of rotatable bonds is 5. The molecule has 0 saturated heterocycles. The molecule has 0 aliphatic heterocycles. The van der Waals surface area contributed by atoms with Gasteiger partial charge in [-0.1, -0.05) is 19.8 Å². The number of aromatic nitrogens is 2. The van der Waals surface area contributed by atoms with Gasteiger partial charge in [-0.15, -0.1) is 0 Å². The molecule has 5 heteroatoms. The molecule has 18 heavy (non-hydrogen) atoms. The summed E-state index contributed by atoms with van der Waals surface area (Å²) in [5.74, 6) is 0. The third-order valence-corrected chi connectivity index (χ3v) is 4.91. The minimum Gasteiger partial charge on any atom is -0.394 e. The number of nitrogens with zero attached hydrogens (tertiary/aromatic N) is 2. The van der Waals surface area contributed by atoms with Crippen LogP contribution in [0.2, 0.25) is 0 Å². The van der Waals surface area contributed by atoms with Crippen molar-refractivity contribution in [1.29, 1.82) is 0 Å². The fourth-order valence-electron chi connectivity index (χ4n) is 2.73. The second-order valence-corrected chi connectivity index (χ2v) is 5.98. The van der Waals surface area contributed by atoms with Crippen molar-refractivity contribution < 1.29 is 5.11 Å². The maximum absolute atomic E-state index is 9.59. The zero-order valence-corrected chi connectivity index (χ0v) is 12.8. The molecule has 0 aromatic carbocycles. The maximum Gasteiger partial charge on any atom is 0.0767 e. The van der Waals surface area contributed by atoms with Gasteiger partial charge in [0.05, 0.1) is 22.5 Å². The first-order chi connectivity index (χ1) is 8.62. The molecule has 4 nitrogen and oxygen atoms in total. The molecule has 1 aromatic rings. The van der Waals surface area contributed by atoms with Crippen LogP contribution in [0.1, 0.15) is 44.0 Å². The molecular formula is C13H22BrN3O. The van der Waals surface area contributed by atoms with Crippen molar-refractivity contribution >= 4 is 15.9 Å². The largest absolute Gasteiger partial charge is 0.394 e. The minimum absolute atomic E-state index is 0.0733. The van der Waals surface area contributed by atoms with E-state index < -0.39 is 0 Å². The summed E-state index contributed by atoms with van der Waals surface area (Å²) in [5.41, 5.74) is 2.18. The van der Waals surface area contributed by atoms with Crippen molar-refractivity contribution in [1.82, 2.24) is 15.1 Å². The molecule has 2 N–H and O–H groups in total. The molecule has 1 aliphatic rings. The van der Waals surface area contributed by atoms with Crippen molar-refractivity contribution in [3.8, 4) is 0 Å². The topological polar surface area (TPSA) is 50.1 Å². The standard InChI is InChI=1S/C13H22BrN3O/c1-3-10-12(14)11(17(2)16-10)8-15-13(9-18)6-4-5-7-13/h15,18H,3-9H2,1-2H3. The molecule has 1 saturated carbocycles. The first kappa shape index (κ1) is 14.0. The third-order valence-electron chi connectivity index (χ3n) is 4.00. The minimum atomic E-state index is -0.0733. The fourth-order valence-corrected chi connectivity index (χ4v) is 3.48. The molecule has 1 aliphatic carbocycles. The van der Waals surface area contributed by atoms with E-state index in [1.807, 2.05) is 11.7 Å². The predicted molar refractivity (Wildman–Crippen MR) is 75.4 cm³/mol. The quantitative estimate of drug-likeness (QED) is 0.875. The lowest BCUT2D eigenvalue weighted by Gasteiger charge is -2.28. The molecule has 102 valence electrons. The molecule has 0 spiro atoms. The summed E-state index contributed by atoms with van der Waals surface area (Å²) < 4.78 is 3.03. The third kappa shape index (κ3) is 2.63. The van der Waals surface area contributed by atoms with Crippen molar-refractivity contribution in [3.05, 3.63) is 15.9 Å². The zero-order chi connectivity index (χ0) is 13.2. The highest BCUT2D eigenvalue weighted by Crippen LogP contribution is 2.30. The summed E-state index contributed by atoms with van der Waals surface area (Å²) in [4.78, 5) is 0. The number of aliphatic hydroxyl groups is 1. The molecule has 0 radical (unpaired) electrons. The Labute approximate surface area is 117 Å². The first-order valence-corrected chi connectivity index (χ1v) is 7.47. The lowest BCUT2D eigenvalue weighted by molar-refractivity contribution is 0.162. The monoisotopic (exact) mass is 315 g/mol. The van der Waals surface area contributed by atoms with Crippen LogP contribution < -0.4 is 5.32 Å². The van der Waals surface area contributed by atoms with Gasteiger partial charge >= 0.3 is 0 Å². The summed E-state index contributed by atoms with van der Waals surface area (Å²) in [6, 6.07) is 0. The van der Waals surface area contributed by atoms with E-state index >= 15 is 0 Å². The van der Waals surface area contributed by atoms with Gasteiger partial charge in [0.1, 0.15) is 0 Å². The smallest absolute Gasteiger partial charge is 0.0767 e. The van der Waals surface area contributed by atoms with Crippen LogP contribution in [0, 0.1) is 0 Å². The molecule has 0 amide bonds. The molecule has 0 unspecified atom stereocenters. The molecule has 0 bridgehead atoms. The Morgan fingerprint density at radius 2 is 2.11 bits per heavy atom. The van der Waals surface area contributed by atoms with Crippen molar-refractivity contribution in [2.45, 2.75) is 51.1 Å². The van der Waals surface area contributed by atoms with E-state index in [1.165, 1.54) is 12.8 Å². The fraction of sp³-hybridized carbons (Fsp3) is 0.769. The number of halogens is 1. The lowest BCUT2D eigenvalue weighted by atomic mass is 9.99. The zero-order valence-electron chi connectivity index (χ0n) is 11.2. The number of nitrogens with one attached hydrogen (secondary N) is 1. The Balaban J connectivity index is 2.08. The first-order valence-electron chi connectivity index (χ1n) is 6.68. The van der Waals surface area contributed by atoms with E-state index in [1.54, 1.807) is 0 Å². The van der Waals surface area contributed by atoms with Gasteiger partial charge < -0.3 is 10.4 Å². The van der Waals surface area contributed by atoms with Crippen LogP contribution in [0.25, 0.3) is 0 Å². The molecule has 1 aromatic heterocycles. The van der Waals surface area contributed by atoms with E-state index in [-0.39, 0.29) is 12.1 Å². The van der Waals surface area contributed by atoms with Crippen LogP contribution in [-0.2, 0) is 20.0 Å². The highest BCUT2D eigenvalue weighted by molar-refractivity contribution is 9.10. The van der Waals surface area contributed by atoms with E-state index in [4.69, 9.17) is 0 Å². The van der Waals surface area contributed by atoms with Gasteiger partial charge in [0.15, 0.2) is 0 Å². The van der Waals surface area contributed by atoms with Crippen LogP contribution in [0.3, 0.4) is 0 Å². The van der Waals surface area contributed by atoms with Gasteiger partial charge in [-0.25, -0.2) is 0 Å². The Hall–Kier alpha value is -0.390. The van der Waals surface area contributed by atoms with Crippen LogP contribution in [0.15, 0.2) is 4.47 Å². The number of hydrogen-bond acceptors (Lipinski definition) is 3. The Morgan fingerprint density at radius 1 is 1.44 bits per heavy atom. The normalized spacial score (nSPS) is 18.4. The SMILES string of the molecule is CCc1nn(C)c(CNC2(CO)CCCC2)c1Br. The van der Waals surface area contributed by atoms with Gasteiger partial charge in [0.2, 0.25) is 0 Å². The van der Waals surface area contributed by atoms with Gasteiger partial charge in [0.25, 0.3) is 0 Å². The van der Waals surface area contributed by atoms with E-state index in [2.05, 4.69) is 33.3 Å². The van der Waals surface area contributed by atoms with Crippen molar-refractivity contribution in [3.63, 3.8) is 0 Å². The Bertz CT molecular complexity index is 411. The van der Waals surface area contributed by atoms with Crippen LogP contribution in [0.4, 0.5) is 0 Å². The highest BCUT2D eigenvalue weighted by Gasteiger charge is 2.32. The van der Waals surface area contributed by atoms with E-state index in [0.717, 1.165) is 41.7 Å². The van der Waals surface area contributed by atoms with Gasteiger partial charge in [-0.3, -0.25) is 4.68 Å². The van der Waals surface area contributed by atoms with Crippen LogP contribution >= 0.6 is 15.9 Å². The molecule has 0 atom stereocenters. The summed E-state index contributed by atoms with van der Waals surface area (Å²) in [5, 5.41) is 17.6. The summed E-state index contributed by atoms with van der Waals surface area (Å²) in [7, 11) is 1.97. The molecule has 2 rings (SSSR count).